The van der Waals surface area contributed by atoms with Gasteiger partial charge in [0.15, 0.2) is 0 Å². The van der Waals surface area contributed by atoms with Crippen LogP contribution in [0.2, 0.25) is 5.02 Å². The summed E-state index contributed by atoms with van der Waals surface area (Å²) in [6, 6.07) is 11.0. The van der Waals surface area contributed by atoms with Crippen LogP contribution in [0.1, 0.15) is 27.4 Å². The summed E-state index contributed by atoms with van der Waals surface area (Å²) in [5, 5.41) is 3.52. The van der Waals surface area contributed by atoms with Crippen molar-refractivity contribution in [2.45, 2.75) is 20.3 Å². The Morgan fingerprint density at radius 1 is 1.11 bits per heavy atom. The molecule has 1 amide bonds. The summed E-state index contributed by atoms with van der Waals surface area (Å²) >= 11 is 5.98. The second-order valence-corrected chi connectivity index (χ2v) is 7.04. The van der Waals surface area contributed by atoms with E-state index in [1.807, 2.05) is 31.0 Å². The van der Waals surface area contributed by atoms with E-state index in [1.54, 1.807) is 43.6 Å². The molecular weight excluding hydrogens is 374 g/mol. The van der Waals surface area contributed by atoms with Gasteiger partial charge in [-0.15, -0.1) is 0 Å². The van der Waals surface area contributed by atoms with E-state index in [2.05, 4.69) is 20.3 Å². The first kappa shape index (κ1) is 19.8. The van der Waals surface area contributed by atoms with Gasteiger partial charge in [-0.05, 0) is 61.7 Å². The first-order valence-electron chi connectivity index (χ1n) is 8.95. The molecule has 2 heterocycles. The Balaban J connectivity index is 1.73. The molecule has 28 heavy (non-hydrogen) atoms. The van der Waals surface area contributed by atoms with Gasteiger partial charge in [0, 0.05) is 42.8 Å². The predicted octanol–water partition coefficient (Wildman–Crippen LogP) is 4.07. The predicted molar refractivity (Wildman–Crippen MR) is 112 cm³/mol. The molecule has 1 N–H and O–H groups in total. The Kier molecular flexibility index (Phi) is 6.21. The molecule has 0 aliphatic heterocycles. The number of aryl methyl sites for hydroxylation is 2. The van der Waals surface area contributed by atoms with Gasteiger partial charge in [-0.25, -0.2) is 9.97 Å². The van der Waals surface area contributed by atoms with E-state index in [0.29, 0.717) is 28.0 Å². The Labute approximate surface area is 169 Å². The summed E-state index contributed by atoms with van der Waals surface area (Å²) in [6.45, 7) is 4.44. The first-order chi connectivity index (χ1) is 13.4. The molecule has 7 heteroatoms. The van der Waals surface area contributed by atoms with Crippen molar-refractivity contribution in [2.75, 3.05) is 23.8 Å². The van der Waals surface area contributed by atoms with Crippen LogP contribution in [0.5, 0.6) is 0 Å². The van der Waals surface area contributed by atoms with Gasteiger partial charge < -0.3 is 10.2 Å². The number of rotatable bonds is 6. The van der Waals surface area contributed by atoms with Crippen LogP contribution < -0.4 is 10.2 Å². The van der Waals surface area contributed by atoms with Crippen molar-refractivity contribution in [1.82, 2.24) is 15.0 Å². The number of hydrogen-bond donors (Lipinski definition) is 1. The molecule has 0 spiro atoms. The molecule has 0 atom stereocenters. The van der Waals surface area contributed by atoms with Crippen molar-refractivity contribution in [3.63, 3.8) is 0 Å². The Bertz CT molecular complexity index is 978. The lowest BCUT2D eigenvalue weighted by molar-refractivity contribution is 0.102. The second kappa shape index (κ2) is 8.80. The molecular formula is C21H22ClN5O. The molecule has 3 rings (SSSR count). The minimum Gasteiger partial charge on any atom is -0.359 e. The smallest absolute Gasteiger partial charge is 0.274 e. The van der Waals surface area contributed by atoms with Crippen molar-refractivity contribution in [2.24, 2.45) is 0 Å². The van der Waals surface area contributed by atoms with Crippen molar-refractivity contribution in [1.29, 1.82) is 0 Å². The monoisotopic (exact) mass is 395 g/mol. The van der Waals surface area contributed by atoms with Crippen LogP contribution in [0.3, 0.4) is 0 Å². The molecule has 144 valence electrons. The van der Waals surface area contributed by atoms with Crippen LogP contribution in [-0.4, -0.2) is 34.5 Å². The van der Waals surface area contributed by atoms with Crippen molar-refractivity contribution < 1.29 is 4.79 Å². The highest BCUT2D eigenvalue weighted by molar-refractivity contribution is 6.30. The zero-order valence-electron chi connectivity index (χ0n) is 16.1. The fourth-order valence-corrected chi connectivity index (χ4v) is 3.00. The second-order valence-electron chi connectivity index (χ2n) is 6.60. The van der Waals surface area contributed by atoms with Crippen molar-refractivity contribution >= 4 is 29.0 Å². The van der Waals surface area contributed by atoms with E-state index in [9.17, 15) is 4.79 Å². The van der Waals surface area contributed by atoms with Gasteiger partial charge in [-0.1, -0.05) is 11.6 Å². The van der Waals surface area contributed by atoms with Gasteiger partial charge >= 0.3 is 0 Å². The van der Waals surface area contributed by atoms with Crippen LogP contribution in [0, 0.1) is 13.8 Å². The lowest BCUT2D eigenvalue weighted by Gasteiger charge is -2.19. The molecule has 0 saturated carbocycles. The maximum atomic E-state index is 12.7. The topological polar surface area (TPSA) is 71.0 Å². The molecule has 3 aromatic rings. The Morgan fingerprint density at radius 3 is 2.57 bits per heavy atom. The highest BCUT2D eigenvalue weighted by Crippen LogP contribution is 2.21. The first-order valence-corrected chi connectivity index (χ1v) is 9.33. The number of likely N-dealkylation sites (N-methyl/N-ethyl adjacent to an activating group) is 1. The third-order valence-corrected chi connectivity index (χ3v) is 4.61. The third-order valence-electron chi connectivity index (χ3n) is 4.37. The lowest BCUT2D eigenvalue weighted by atomic mass is 10.2. The summed E-state index contributed by atoms with van der Waals surface area (Å²) < 4.78 is 0. The number of amides is 1. The lowest BCUT2D eigenvalue weighted by Crippen LogP contribution is -2.23. The highest BCUT2D eigenvalue weighted by Gasteiger charge is 2.14. The van der Waals surface area contributed by atoms with Gasteiger partial charge in [0.2, 0.25) is 0 Å². The van der Waals surface area contributed by atoms with Gasteiger partial charge in [-0.2, -0.15) is 0 Å². The SMILES string of the molecule is Cc1nc(C(=O)Nc2ccc(Cl)cc2C)cc(N(C)CCc2ccncc2)n1. The number of nitrogens with zero attached hydrogens (tertiary/aromatic N) is 4. The van der Waals surface area contributed by atoms with E-state index >= 15 is 0 Å². The standard InChI is InChI=1S/C21H22ClN5O/c1-14-12-17(22)4-5-18(14)26-21(28)19-13-20(25-15(2)24-19)27(3)11-8-16-6-9-23-10-7-16/h4-7,9-10,12-13H,8,11H2,1-3H3,(H,26,28). The average Bonchev–Trinajstić information content (AvgIpc) is 2.68. The maximum absolute atomic E-state index is 12.7. The molecule has 6 nitrogen and oxygen atoms in total. The number of aromatic nitrogens is 3. The molecule has 0 bridgehead atoms. The molecule has 0 radical (unpaired) electrons. The van der Waals surface area contributed by atoms with Gasteiger partial charge in [0.1, 0.15) is 17.3 Å². The van der Waals surface area contributed by atoms with Crippen LogP contribution >= 0.6 is 11.6 Å². The number of halogens is 1. The van der Waals surface area contributed by atoms with Crippen molar-refractivity contribution in [3.05, 3.63) is 76.5 Å². The fraction of sp³-hybridized carbons (Fsp3) is 0.238. The molecule has 0 unspecified atom stereocenters. The number of anilines is 2. The summed E-state index contributed by atoms with van der Waals surface area (Å²) in [6.07, 6.45) is 4.42. The number of pyridine rings is 1. The Hall–Kier alpha value is -2.99. The maximum Gasteiger partial charge on any atom is 0.274 e. The molecule has 1 aromatic carbocycles. The summed E-state index contributed by atoms with van der Waals surface area (Å²) in [7, 11) is 1.95. The summed E-state index contributed by atoms with van der Waals surface area (Å²) in [4.78, 5) is 27.5. The molecule has 0 aliphatic rings. The van der Waals surface area contributed by atoms with Crippen LogP contribution in [0.25, 0.3) is 0 Å². The van der Waals surface area contributed by atoms with Gasteiger partial charge in [0.05, 0.1) is 0 Å². The number of nitrogens with one attached hydrogen (secondary N) is 1. The van der Waals surface area contributed by atoms with E-state index in [4.69, 9.17) is 11.6 Å². The fourth-order valence-electron chi connectivity index (χ4n) is 2.78. The van der Waals surface area contributed by atoms with Gasteiger partial charge in [-0.3, -0.25) is 9.78 Å². The number of carbonyl (C=O) groups is 1. The van der Waals surface area contributed by atoms with Gasteiger partial charge in [0.25, 0.3) is 5.91 Å². The van der Waals surface area contributed by atoms with Crippen molar-refractivity contribution in [3.8, 4) is 0 Å². The van der Waals surface area contributed by atoms with E-state index in [0.717, 1.165) is 18.5 Å². The van der Waals surface area contributed by atoms with Crippen LogP contribution in [0.4, 0.5) is 11.5 Å². The third kappa shape index (κ3) is 5.04. The largest absolute Gasteiger partial charge is 0.359 e. The minimum absolute atomic E-state index is 0.278. The average molecular weight is 396 g/mol. The number of carbonyl (C=O) groups excluding carboxylic acids is 1. The summed E-state index contributed by atoms with van der Waals surface area (Å²) in [5.74, 6) is 0.977. The molecule has 0 aliphatic carbocycles. The van der Waals surface area contributed by atoms with E-state index in [-0.39, 0.29) is 5.91 Å². The Morgan fingerprint density at radius 2 is 1.86 bits per heavy atom. The minimum atomic E-state index is -0.278. The molecule has 0 fully saturated rings. The normalized spacial score (nSPS) is 10.6. The van der Waals surface area contributed by atoms with Crippen LogP contribution in [0.15, 0.2) is 48.8 Å². The quantitative estimate of drug-likeness (QED) is 0.681. The molecule has 0 saturated heterocycles. The van der Waals surface area contributed by atoms with Crippen LogP contribution in [-0.2, 0) is 6.42 Å². The number of hydrogen-bond acceptors (Lipinski definition) is 5. The zero-order valence-corrected chi connectivity index (χ0v) is 16.9. The zero-order chi connectivity index (χ0) is 20.1. The molecule has 2 aromatic heterocycles. The summed E-state index contributed by atoms with van der Waals surface area (Å²) in [5.41, 5.74) is 3.12. The van der Waals surface area contributed by atoms with E-state index < -0.39 is 0 Å². The number of benzene rings is 1. The highest BCUT2D eigenvalue weighted by atomic mass is 35.5. The van der Waals surface area contributed by atoms with E-state index in [1.165, 1.54) is 5.56 Å².